The van der Waals surface area contributed by atoms with Gasteiger partial charge in [-0.25, -0.2) is 0 Å². The average molecular weight is 508 g/mol. The maximum atomic E-state index is 12.1. The second-order valence-electron chi connectivity index (χ2n) is 5.00. The van der Waals surface area contributed by atoms with E-state index in [4.69, 9.17) is 5.37 Å². The second kappa shape index (κ2) is 8.24. The molecule has 5 heteroatoms. The molecular weight excluding hydrogens is 487 g/mol. The molecule has 0 N–H and O–H groups in total. The Hall–Kier alpha value is -1.70. The van der Waals surface area contributed by atoms with Crippen molar-refractivity contribution in [3.63, 3.8) is 0 Å². The molecule has 0 aromatic heterocycles. The van der Waals surface area contributed by atoms with Crippen LogP contribution in [0.5, 0.6) is 0 Å². The predicted molar refractivity (Wildman–Crippen MR) is 90.7 cm³/mol. The Balaban J connectivity index is 2.62. The van der Waals surface area contributed by atoms with Gasteiger partial charge in [-0.3, -0.25) is 0 Å². The van der Waals surface area contributed by atoms with E-state index in [2.05, 4.69) is 0 Å². The van der Waals surface area contributed by atoms with Gasteiger partial charge < -0.3 is 0 Å². The maximum absolute atomic E-state index is 12.1. The van der Waals surface area contributed by atoms with Gasteiger partial charge in [-0.05, 0) is 0 Å². The second-order valence-corrected chi connectivity index (χ2v) is 15.9. The molecule has 0 atom stereocenters. The first-order valence-corrected chi connectivity index (χ1v) is 14.7. The Morgan fingerprint density at radius 2 is 1.09 bits per heavy atom. The van der Waals surface area contributed by atoms with Crippen LogP contribution in [0, 0.1) is 0 Å². The molecule has 0 amide bonds. The van der Waals surface area contributed by atoms with Gasteiger partial charge in [-0.15, -0.1) is 0 Å². The summed E-state index contributed by atoms with van der Waals surface area (Å²) in [6.45, 7) is 3.47. The van der Waals surface area contributed by atoms with Crippen LogP contribution < -0.4 is 6.25 Å². The molecular formula is C18H20O4Pb. The minimum atomic E-state index is -4.52. The van der Waals surface area contributed by atoms with Crippen molar-refractivity contribution >= 4 is 40.3 Å². The first kappa shape index (κ1) is 17.7. The number of benzene rings is 2. The summed E-state index contributed by atoms with van der Waals surface area (Å²) in [5.41, 5.74) is 0. The van der Waals surface area contributed by atoms with Crippen molar-refractivity contribution in [3.05, 3.63) is 60.7 Å². The van der Waals surface area contributed by atoms with E-state index in [0.717, 1.165) is 6.25 Å². The third-order valence-electron chi connectivity index (χ3n) is 3.40. The molecule has 23 heavy (non-hydrogen) atoms. The fourth-order valence-corrected chi connectivity index (χ4v) is 14.0. The normalized spacial score (nSPS) is 10.9. The molecule has 120 valence electrons. The molecule has 0 aliphatic carbocycles. The van der Waals surface area contributed by atoms with Crippen molar-refractivity contribution in [3.8, 4) is 0 Å². The quantitative estimate of drug-likeness (QED) is 0.563. The van der Waals surface area contributed by atoms with Gasteiger partial charge in [0.15, 0.2) is 0 Å². The fraction of sp³-hybridized carbons (Fsp3) is 0.222. The molecule has 0 bridgehead atoms. The molecule has 0 saturated heterocycles. The number of hydrogen-bond acceptors (Lipinski definition) is 4. The van der Waals surface area contributed by atoms with Crippen LogP contribution in [0.1, 0.15) is 26.7 Å². The van der Waals surface area contributed by atoms with E-state index >= 15 is 0 Å². The van der Waals surface area contributed by atoms with Gasteiger partial charge in [0, 0.05) is 0 Å². The van der Waals surface area contributed by atoms with Crippen LogP contribution in [0.2, 0.25) is 0 Å². The third kappa shape index (κ3) is 4.19. The monoisotopic (exact) mass is 508 g/mol. The van der Waals surface area contributed by atoms with Crippen molar-refractivity contribution in [2.24, 2.45) is 0 Å². The average Bonchev–Trinajstić information content (AvgIpc) is 2.62. The minimum absolute atomic E-state index is 0.241. The van der Waals surface area contributed by atoms with Crippen molar-refractivity contribution in [2.45, 2.75) is 26.7 Å². The van der Waals surface area contributed by atoms with Crippen molar-refractivity contribution < 1.29 is 15.0 Å². The van der Waals surface area contributed by atoms with Gasteiger partial charge in [0.1, 0.15) is 0 Å². The number of hydrogen-bond donors (Lipinski definition) is 0. The Bertz CT molecular complexity index is 596. The van der Waals surface area contributed by atoms with Crippen LogP contribution >= 0.6 is 0 Å². The zero-order valence-corrected chi connectivity index (χ0v) is 17.2. The SMILES string of the molecule is CCC(=O)[O][Pb]([O]C(=O)CC)([c]1ccccc1)[c]1ccccc1. The number of carbonyl (C=O) groups excluding carboxylic acids is 2. The van der Waals surface area contributed by atoms with E-state index in [-0.39, 0.29) is 24.8 Å². The van der Waals surface area contributed by atoms with E-state index in [1.807, 2.05) is 60.7 Å². The van der Waals surface area contributed by atoms with Crippen LogP contribution in [0.3, 0.4) is 0 Å². The molecule has 0 aliphatic heterocycles. The molecule has 0 saturated carbocycles. The van der Waals surface area contributed by atoms with E-state index < -0.39 is 22.1 Å². The molecule has 0 heterocycles. The van der Waals surface area contributed by atoms with Crippen LogP contribution in [0.25, 0.3) is 0 Å². The van der Waals surface area contributed by atoms with Gasteiger partial charge in [0.05, 0.1) is 0 Å². The van der Waals surface area contributed by atoms with E-state index in [9.17, 15) is 9.59 Å². The molecule has 0 unspecified atom stereocenters. The van der Waals surface area contributed by atoms with Gasteiger partial charge in [0.2, 0.25) is 0 Å². The Labute approximate surface area is 142 Å². The van der Waals surface area contributed by atoms with Gasteiger partial charge in [-0.2, -0.15) is 0 Å². The zero-order valence-electron chi connectivity index (χ0n) is 13.3. The van der Waals surface area contributed by atoms with Crippen molar-refractivity contribution in [1.29, 1.82) is 0 Å². The Morgan fingerprint density at radius 1 is 0.739 bits per heavy atom. The number of carbonyl (C=O) groups is 2. The predicted octanol–water partition coefficient (Wildman–Crippen LogP) is 2.15. The van der Waals surface area contributed by atoms with Gasteiger partial charge in [-0.1, -0.05) is 0 Å². The summed E-state index contributed by atoms with van der Waals surface area (Å²) in [5, 5.41) is 0. The van der Waals surface area contributed by atoms with Crippen LogP contribution in [-0.2, 0) is 15.0 Å². The summed E-state index contributed by atoms with van der Waals surface area (Å²) in [5.74, 6) is -0.688. The summed E-state index contributed by atoms with van der Waals surface area (Å²) >= 11 is -4.52. The third-order valence-corrected chi connectivity index (χ3v) is 15.9. The summed E-state index contributed by atoms with van der Waals surface area (Å²) in [7, 11) is 0. The van der Waals surface area contributed by atoms with E-state index in [1.165, 1.54) is 0 Å². The molecule has 2 aromatic carbocycles. The zero-order chi connectivity index (χ0) is 16.7. The molecule has 0 fully saturated rings. The van der Waals surface area contributed by atoms with Crippen LogP contribution in [0.15, 0.2) is 60.7 Å². The summed E-state index contributed by atoms with van der Waals surface area (Å²) in [4.78, 5) is 24.2. The standard InChI is InChI=1S/2C6H5.2C3H6O2.Pb/c2*1-2-4-6-5-3-1;2*1-2-3(4)5;/h2*1-5H;2*2H2,1H3,(H,4,5);/q;;;;+2/p-2. The summed E-state index contributed by atoms with van der Waals surface area (Å²) < 4.78 is 13.4. The van der Waals surface area contributed by atoms with Crippen molar-refractivity contribution in [2.75, 3.05) is 0 Å². The fourth-order valence-electron chi connectivity index (χ4n) is 2.20. The van der Waals surface area contributed by atoms with Gasteiger partial charge in [0.25, 0.3) is 0 Å². The number of rotatable bonds is 6. The molecule has 2 aromatic rings. The topological polar surface area (TPSA) is 52.6 Å². The summed E-state index contributed by atoms with van der Waals surface area (Å²) in [6, 6.07) is 18.7. The molecule has 0 spiro atoms. The molecule has 2 rings (SSSR count). The molecule has 4 nitrogen and oxygen atoms in total. The Kier molecular flexibility index (Phi) is 6.32. The van der Waals surface area contributed by atoms with Gasteiger partial charge >= 0.3 is 143 Å². The van der Waals surface area contributed by atoms with Crippen molar-refractivity contribution in [1.82, 2.24) is 0 Å². The first-order chi connectivity index (χ1) is 11.1. The Morgan fingerprint density at radius 3 is 1.39 bits per heavy atom. The van der Waals surface area contributed by atoms with Crippen LogP contribution in [-0.4, -0.2) is 34.0 Å². The summed E-state index contributed by atoms with van der Waals surface area (Å²) in [6.07, 6.45) is 0.482. The van der Waals surface area contributed by atoms with E-state index in [1.54, 1.807) is 13.8 Å². The van der Waals surface area contributed by atoms with E-state index in [0.29, 0.717) is 0 Å². The molecule has 0 radical (unpaired) electrons. The van der Waals surface area contributed by atoms with Crippen LogP contribution in [0.4, 0.5) is 0 Å². The first-order valence-electron chi connectivity index (χ1n) is 7.67. The molecule has 0 aliphatic rings.